The Kier molecular flexibility index (Phi) is 3.77. The lowest BCUT2D eigenvalue weighted by Gasteiger charge is -2.03. The number of amides is 1. The summed E-state index contributed by atoms with van der Waals surface area (Å²) in [6, 6.07) is 5.39. The third-order valence-corrected chi connectivity index (χ3v) is 3.10. The SMILES string of the molecule is Cn1ccnc1SCC(=O)Nc1ccccn1. The van der Waals surface area contributed by atoms with Crippen LogP contribution < -0.4 is 5.32 Å². The minimum atomic E-state index is -0.0864. The highest BCUT2D eigenvalue weighted by Gasteiger charge is 2.06. The van der Waals surface area contributed by atoms with Crippen molar-refractivity contribution in [1.82, 2.24) is 14.5 Å². The second-order valence-electron chi connectivity index (χ2n) is 3.37. The summed E-state index contributed by atoms with van der Waals surface area (Å²) in [5.41, 5.74) is 0. The van der Waals surface area contributed by atoms with Crippen LogP contribution in [0.2, 0.25) is 0 Å². The lowest BCUT2D eigenvalue weighted by Crippen LogP contribution is -2.15. The van der Waals surface area contributed by atoms with E-state index >= 15 is 0 Å². The molecule has 2 rings (SSSR count). The zero-order chi connectivity index (χ0) is 12.1. The Bertz CT molecular complexity index is 497. The minimum absolute atomic E-state index is 0.0864. The van der Waals surface area contributed by atoms with E-state index in [9.17, 15) is 4.79 Å². The van der Waals surface area contributed by atoms with E-state index < -0.39 is 0 Å². The van der Waals surface area contributed by atoms with Gasteiger partial charge in [0.15, 0.2) is 5.16 Å². The number of aromatic nitrogens is 3. The molecule has 6 heteroatoms. The Hall–Kier alpha value is -1.82. The number of nitrogens with zero attached hydrogens (tertiary/aromatic N) is 3. The molecule has 88 valence electrons. The highest BCUT2D eigenvalue weighted by Crippen LogP contribution is 2.14. The van der Waals surface area contributed by atoms with E-state index in [2.05, 4.69) is 15.3 Å². The van der Waals surface area contributed by atoms with Gasteiger partial charge in [-0.05, 0) is 12.1 Å². The highest BCUT2D eigenvalue weighted by molar-refractivity contribution is 7.99. The number of hydrogen-bond acceptors (Lipinski definition) is 4. The molecular weight excluding hydrogens is 236 g/mol. The van der Waals surface area contributed by atoms with Gasteiger partial charge in [0, 0.05) is 25.6 Å². The van der Waals surface area contributed by atoms with Gasteiger partial charge in [0.1, 0.15) is 5.82 Å². The predicted octanol–water partition coefficient (Wildman–Crippen LogP) is 1.55. The van der Waals surface area contributed by atoms with Gasteiger partial charge in [0.2, 0.25) is 5.91 Å². The van der Waals surface area contributed by atoms with E-state index in [0.717, 1.165) is 5.16 Å². The van der Waals surface area contributed by atoms with Crippen LogP contribution in [0.5, 0.6) is 0 Å². The molecule has 0 spiro atoms. The van der Waals surface area contributed by atoms with Crippen molar-refractivity contribution >= 4 is 23.5 Å². The Morgan fingerprint density at radius 3 is 2.94 bits per heavy atom. The van der Waals surface area contributed by atoms with E-state index in [-0.39, 0.29) is 5.91 Å². The summed E-state index contributed by atoms with van der Waals surface area (Å²) in [4.78, 5) is 19.8. The van der Waals surface area contributed by atoms with Crippen molar-refractivity contribution < 1.29 is 4.79 Å². The van der Waals surface area contributed by atoms with Crippen molar-refractivity contribution in [2.75, 3.05) is 11.1 Å². The first-order chi connectivity index (χ1) is 8.25. The quantitative estimate of drug-likeness (QED) is 0.834. The van der Waals surface area contributed by atoms with Gasteiger partial charge in [0.25, 0.3) is 0 Å². The normalized spacial score (nSPS) is 10.2. The molecule has 0 aliphatic carbocycles. The van der Waals surface area contributed by atoms with E-state index in [1.54, 1.807) is 24.5 Å². The van der Waals surface area contributed by atoms with Crippen LogP contribution in [0.25, 0.3) is 0 Å². The van der Waals surface area contributed by atoms with Crippen LogP contribution in [-0.4, -0.2) is 26.2 Å². The number of imidazole rings is 1. The van der Waals surface area contributed by atoms with E-state index in [0.29, 0.717) is 11.6 Å². The van der Waals surface area contributed by atoms with Gasteiger partial charge in [-0.15, -0.1) is 0 Å². The summed E-state index contributed by atoms with van der Waals surface area (Å²) in [6.07, 6.45) is 5.19. The summed E-state index contributed by atoms with van der Waals surface area (Å²) >= 11 is 1.39. The van der Waals surface area contributed by atoms with Gasteiger partial charge in [0.05, 0.1) is 5.75 Å². The standard InChI is InChI=1S/C11H12N4OS/c1-15-7-6-13-11(15)17-8-10(16)14-9-4-2-3-5-12-9/h2-7H,8H2,1H3,(H,12,14,16). The molecule has 2 aromatic heterocycles. The summed E-state index contributed by atoms with van der Waals surface area (Å²) < 4.78 is 1.87. The molecule has 2 heterocycles. The molecule has 0 saturated heterocycles. The first-order valence-corrected chi connectivity index (χ1v) is 6.05. The number of aryl methyl sites for hydroxylation is 1. The molecule has 0 radical (unpaired) electrons. The van der Waals surface area contributed by atoms with Crippen molar-refractivity contribution in [2.24, 2.45) is 7.05 Å². The van der Waals surface area contributed by atoms with Crippen LogP contribution in [0.1, 0.15) is 0 Å². The van der Waals surface area contributed by atoms with Crippen LogP contribution in [0, 0.1) is 0 Å². The zero-order valence-electron chi connectivity index (χ0n) is 9.33. The molecule has 0 atom stereocenters. The average Bonchev–Trinajstić information content (AvgIpc) is 2.74. The Morgan fingerprint density at radius 1 is 1.41 bits per heavy atom. The second-order valence-corrected chi connectivity index (χ2v) is 4.32. The van der Waals surface area contributed by atoms with Crippen molar-refractivity contribution in [3.05, 3.63) is 36.8 Å². The molecule has 0 aromatic carbocycles. The third-order valence-electron chi connectivity index (χ3n) is 2.04. The highest BCUT2D eigenvalue weighted by atomic mass is 32.2. The van der Waals surface area contributed by atoms with Crippen LogP contribution in [-0.2, 0) is 11.8 Å². The molecule has 17 heavy (non-hydrogen) atoms. The summed E-state index contributed by atoms with van der Waals surface area (Å²) in [6.45, 7) is 0. The lowest BCUT2D eigenvalue weighted by atomic mass is 10.4. The van der Waals surface area contributed by atoms with Crippen molar-refractivity contribution in [3.8, 4) is 0 Å². The molecule has 0 fully saturated rings. The summed E-state index contributed by atoms with van der Waals surface area (Å²) in [5, 5.41) is 3.54. The van der Waals surface area contributed by atoms with Gasteiger partial charge >= 0.3 is 0 Å². The predicted molar refractivity (Wildman–Crippen MR) is 66.8 cm³/mol. The van der Waals surface area contributed by atoms with Crippen LogP contribution in [0.15, 0.2) is 41.9 Å². The first-order valence-electron chi connectivity index (χ1n) is 5.07. The van der Waals surface area contributed by atoms with Crippen molar-refractivity contribution in [2.45, 2.75) is 5.16 Å². The molecular formula is C11H12N4OS. The lowest BCUT2D eigenvalue weighted by molar-refractivity contribution is -0.113. The molecule has 0 aliphatic rings. The Labute approximate surface area is 103 Å². The smallest absolute Gasteiger partial charge is 0.236 e. The van der Waals surface area contributed by atoms with Gasteiger partial charge in [-0.3, -0.25) is 4.79 Å². The molecule has 0 unspecified atom stereocenters. The molecule has 1 N–H and O–H groups in total. The number of rotatable bonds is 4. The Balaban J connectivity index is 1.84. The maximum absolute atomic E-state index is 11.6. The molecule has 2 aromatic rings. The van der Waals surface area contributed by atoms with Gasteiger partial charge in [-0.25, -0.2) is 9.97 Å². The maximum Gasteiger partial charge on any atom is 0.236 e. The number of anilines is 1. The molecule has 0 bridgehead atoms. The van der Waals surface area contributed by atoms with Crippen LogP contribution in [0.3, 0.4) is 0 Å². The third kappa shape index (κ3) is 3.32. The van der Waals surface area contributed by atoms with Gasteiger partial charge < -0.3 is 9.88 Å². The van der Waals surface area contributed by atoms with Crippen molar-refractivity contribution in [1.29, 1.82) is 0 Å². The maximum atomic E-state index is 11.6. The number of nitrogens with one attached hydrogen (secondary N) is 1. The van der Waals surface area contributed by atoms with E-state index in [1.165, 1.54) is 11.8 Å². The topological polar surface area (TPSA) is 59.8 Å². The summed E-state index contributed by atoms with van der Waals surface area (Å²) in [7, 11) is 1.89. The number of thioether (sulfide) groups is 1. The van der Waals surface area contributed by atoms with E-state index in [1.807, 2.05) is 23.9 Å². The number of carbonyl (C=O) groups excluding carboxylic acids is 1. The molecule has 0 saturated carbocycles. The molecule has 1 amide bonds. The molecule has 0 aliphatic heterocycles. The fourth-order valence-electron chi connectivity index (χ4n) is 1.24. The van der Waals surface area contributed by atoms with Crippen LogP contribution in [0.4, 0.5) is 5.82 Å². The Morgan fingerprint density at radius 2 is 2.29 bits per heavy atom. The monoisotopic (exact) mass is 248 g/mol. The number of carbonyl (C=O) groups is 1. The van der Waals surface area contributed by atoms with E-state index in [4.69, 9.17) is 0 Å². The van der Waals surface area contributed by atoms with Crippen LogP contribution >= 0.6 is 11.8 Å². The average molecular weight is 248 g/mol. The number of pyridine rings is 1. The van der Waals surface area contributed by atoms with Gasteiger partial charge in [-0.1, -0.05) is 17.8 Å². The summed E-state index contributed by atoms with van der Waals surface area (Å²) in [5.74, 6) is 0.802. The van der Waals surface area contributed by atoms with Gasteiger partial charge in [-0.2, -0.15) is 0 Å². The zero-order valence-corrected chi connectivity index (χ0v) is 10.1. The molecule has 5 nitrogen and oxygen atoms in total. The largest absolute Gasteiger partial charge is 0.329 e. The minimum Gasteiger partial charge on any atom is -0.329 e. The fourth-order valence-corrected chi connectivity index (χ4v) is 1.97. The van der Waals surface area contributed by atoms with Crippen molar-refractivity contribution in [3.63, 3.8) is 0 Å². The number of hydrogen-bond donors (Lipinski definition) is 1. The second kappa shape index (κ2) is 5.49. The fraction of sp³-hybridized carbons (Fsp3) is 0.182. The first kappa shape index (κ1) is 11.7.